The van der Waals surface area contributed by atoms with E-state index in [2.05, 4.69) is 10.2 Å². The number of fused-ring (bicyclic) bond motifs is 1. The number of carbonyl (C=O) groups excluding carboxylic acids is 1. The molecule has 140 valence electrons. The first-order valence-corrected chi connectivity index (χ1v) is 8.21. The lowest BCUT2D eigenvalue weighted by Crippen LogP contribution is -2.37. The number of hydrogen-bond donors (Lipinski definition) is 2. The van der Waals surface area contributed by atoms with E-state index < -0.39 is 0 Å². The molecule has 0 atom stereocenters. The highest BCUT2D eigenvalue weighted by Gasteiger charge is 2.21. The Kier molecular flexibility index (Phi) is 6.71. The number of amides is 1. The van der Waals surface area contributed by atoms with Gasteiger partial charge in [-0.1, -0.05) is 12.1 Å². The molecule has 7 heteroatoms. The number of nitrogens with zero attached hydrogens (tertiary/aromatic N) is 1. The van der Waals surface area contributed by atoms with Crippen LogP contribution in [0.5, 0.6) is 11.5 Å². The van der Waals surface area contributed by atoms with E-state index in [4.69, 9.17) is 15.2 Å². The molecule has 6 nitrogen and oxygen atoms in total. The smallest absolute Gasteiger partial charge is 0.238 e. The van der Waals surface area contributed by atoms with Crippen molar-refractivity contribution < 1.29 is 14.3 Å². The van der Waals surface area contributed by atoms with Gasteiger partial charge in [-0.25, -0.2) is 0 Å². The van der Waals surface area contributed by atoms with Crippen molar-refractivity contribution in [1.82, 2.24) is 4.90 Å². The lowest BCUT2D eigenvalue weighted by atomic mass is 9.99. The van der Waals surface area contributed by atoms with Gasteiger partial charge in [-0.3, -0.25) is 9.69 Å². The van der Waals surface area contributed by atoms with Crippen molar-refractivity contribution in [1.29, 1.82) is 0 Å². The van der Waals surface area contributed by atoms with Crippen LogP contribution in [0.1, 0.15) is 11.1 Å². The maximum atomic E-state index is 12.3. The van der Waals surface area contributed by atoms with Crippen LogP contribution >= 0.6 is 12.4 Å². The van der Waals surface area contributed by atoms with Gasteiger partial charge in [0.2, 0.25) is 5.91 Å². The average molecular weight is 378 g/mol. The van der Waals surface area contributed by atoms with Crippen LogP contribution in [0.15, 0.2) is 36.4 Å². The van der Waals surface area contributed by atoms with Gasteiger partial charge in [0.05, 0.1) is 32.1 Å². The summed E-state index contributed by atoms with van der Waals surface area (Å²) in [6, 6.07) is 11.3. The number of hydrogen-bond acceptors (Lipinski definition) is 5. The zero-order valence-electron chi connectivity index (χ0n) is 15.0. The Morgan fingerprint density at radius 3 is 2.46 bits per heavy atom. The van der Waals surface area contributed by atoms with Crippen LogP contribution in [-0.2, 0) is 17.8 Å². The van der Waals surface area contributed by atoms with Gasteiger partial charge < -0.3 is 20.5 Å². The lowest BCUT2D eigenvalue weighted by Gasteiger charge is -2.29. The van der Waals surface area contributed by atoms with Gasteiger partial charge in [-0.15, -0.1) is 12.4 Å². The highest BCUT2D eigenvalue weighted by molar-refractivity contribution is 5.95. The fourth-order valence-corrected chi connectivity index (χ4v) is 3.08. The molecule has 1 aliphatic rings. The van der Waals surface area contributed by atoms with Crippen molar-refractivity contribution in [2.45, 2.75) is 13.0 Å². The number of ether oxygens (including phenoxy) is 2. The Hall–Kier alpha value is -2.44. The van der Waals surface area contributed by atoms with E-state index in [1.54, 1.807) is 26.4 Å². The van der Waals surface area contributed by atoms with Gasteiger partial charge in [-0.2, -0.15) is 0 Å². The third kappa shape index (κ3) is 4.39. The van der Waals surface area contributed by atoms with Crippen molar-refractivity contribution in [3.63, 3.8) is 0 Å². The van der Waals surface area contributed by atoms with Crippen LogP contribution < -0.4 is 20.5 Å². The third-order valence-corrected chi connectivity index (χ3v) is 4.40. The Morgan fingerprint density at radius 1 is 1.15 bits per heavy atom. The topological polar surface area (TPSA) is 76.8 Å². The van der Waals surface area contributed by atoms with Gasteiger partial charge >= 0.3 is 0 Å². The molecular formula is C19H24ClN3O3. The summed E-state index contributed by atoms with van der Waals surface area (Å²) in [5.74, 6) is 1.39. The molecule has 0 spiro atoms. The van der Waals surface area contributed by atoms with Gasteiger partial charge in [0.1, 0.15) is 0 Å². The predicted octanol–water partition coefficient (Wildman–Crippen LogP) is 2.70. The number of nitrogens with one attached hydrogen (secondary N) is 1. The quantitative estimate of drug-likeness (QED) is 0.783. The van der Waals surface area contributed by atoms with Gasteiger partial charge in [-0.05, 0) is 41.8 Å². The summed E-state index contributed by atoms with van der Waals surface area (Å²) in [4.78, 5) is 14.4. The predicted molar refractivity (Wildman–Crippen MR) is 105 cm³/mol. The molecule has 0 saturated carbocycles. The first-order chi connectivity index (χ1) is 12.1. The zero-order chi connectivity index (χ0) is 17.8. The number of rotatable bonds is 5. The lowest BCUT2D eigenvalue weighted by molar-refractivity contribution is -0.117. The minimum Gasteiger partial charge on any atom is -0.493 e. The second kappa shape index (κ2) is 8.78. The van der Waals surface area contributed by atoms with Crippen molar-refractivity contribution in [2.24, 2.45) is 0 Å². The van der Waals surface area contributed by atoms with Crippen molar-refractivity contribution in [3.8, 4) is 11.5 Å². The van der Waals surface area contributed by atoms with E-state index in [0.29, 0.717) is 30.2 Å². The molecule has 1 aliphatic heterocycles. The summed E-state index contributed by atoms with van der Waals surface area (Å²) in [6.07, 6.45) is 0.871. The monoisotopic (exact) mass is 377 g/mol. The van der Waals surface area contributed by atoms with Crippen molar-refractivity contribution in [2.75, 3.05) is 38.4 Å². The molecule has 0 fully saturated rings. The molecule has 1 heterocycles. The molecule has 0 aliphatic carbocycles. The number of methoxy groups -OCH3 is 2. The summed E-state index contributed by atoms with van der Waals surface area (Å²) in [5, 5.41) is 2.87. The number of halogens is 1. The Bertz CT molecular complexity index is 783. The molecule has 2 aromatic carbocycles. The summed E-state index contributed by atoms with van der Waals surface area (Å²) in [5.41, 5.74) is 9.49. The molecule has 0 saturated heterocycles. The third-order valence-electron chi connectivity index (χ3n) is 4.40. The maximum Gasteiger partial charge on any atom is 0.238 e. The van der Waals surface area contributed by atoms with Crippen LogP contribution in [0.4, 0.5) is 11.4 Å². The number of anilines is 2. The molecule has 26 heavy (non-hydrogen) atoms. The molecule has 1 amide bonds. The summed E-state index contributed by atoms with van der Waals surface area (Å²) in [7, 11) is 3.27. The normalized spacial score (nSPS) is 13.3. The second-order valence-corrected chi connectivity index (χ2v) is 6.07. The Balaban J connectivity index is 0.00000243. The molecule has 0 radical (unpaired) electrons. The van der Waals surface area contributed by atoms with E-state index in [9.17, 15) is 4.79 Å². The van der Waals surface area contributed by atoms with Gasteiger partial charge in [0.15, 0.2) is 11.5 Å². The minimum absolute atomic E-state index is 0. The number of para-hydroxylation sites is 2. The Labute approximate surface area is 159 Å². The fraction of sp³-hybridized carbons (Fsp3) is 0.316. The zero-order valence-corrected chi connectivity index (χ0v) is 15.8. The van der Waals surface area contributed by atoms with Gasteiger partial charge in [0, 0.05) is 13.1 Å². The Morgan fingerprint density at radius 2 is 1.81 bits per heavy atom. The maximum absolute atomic E-state index is 12.3. The fourth-order valence-electron chi connectivity index (χ4n) is 3.08. The summed E-state index contributed by atoms with van der Waals surface area (Å²) < 4.78 is 10.7. The minimum atomic E-state index is -0.0678. The molecule has 0 unspecified atom stereocenters. The van der Waals surface area contributed by atoms with E-state index in [1.807, 2.05) is 24.3 Å². The van der Waals surface area contributed by atoms with Crippen LogP contribution in [0, 0.1) is 0 Å². The standard InChI is InChI=1S/C19H23N3O3.ClH/c1-24-17-9-13-7-8-22(11-14(13)10-18(17)25-2)12-19(23)21-16-6-4-3-5-15(16)20;/h3-6,9-10H,7-8,11-12,20H2,1-2H3,(H,21,23);1H. The van der Waals surface area contributed by atoms with Crippen LogP contribution in [0.2, 0.25) is 0 Å². The van der Waals surface area contributed by atoms with E-state index >= 15 is 0 Å². The number of nitrogen functional groups attached to an aromatic ring is 1. The average Bonchev–Trinajstić information content (AvgIpc) is 2.62. The highest BCUT2D eigenvalue weighted by Crippen LogP contribution is 2.33. The molecular weight excluding hydrogens is 354 g/mol. The summed E-state index contributed by atoms with van der Waals surface area (Å²) >= 11 is 0. The van der Waals surface area contributed by atoms with Crippen LogP contribution in [-0.4, -0.2) is 38.1 Å². The largest absolute Gasteiger partial charge is 0.493 e. The first kappa shape index (κ1) is 19.9. The van der Waals surface area contributed by atoms with E-state index in [1.165, 1.54) is 5.56 Å². The number of benzene rings is 2. The summed E-state index contributed by atoms with van der Waals surface area (Å²) in [6.45, 7) is 1.84. The molecule has 3 N–H and O–H groups in total. The second-order valence-electron chi connectivity index (χ2n) is 6.07. The number of carbonyl (C=O) groups is 1. The number of nitrogens with two attached hydrogens (primary N) is 1. The van der Waals surface area contributed by atoms with Crippen molar-refractivity contribution in [3.05, 3.63) is 47.5 Å². The first-order valence-electron chi connectivity index (χ1n) is 8.21. The van der Waals surface area contributed by atoms with E-state index in [0.717, 1.165) is 24.3 Å². The molecule has 0 bridgehead atoms. The highest BCUT2D eigenvalue weighted by atomic mass is 35.5. The molecule has 3 rings (SSSR count). The van der Waals surface area contributed by atoms with Crippen LogP contribution in [0.25, 0.3) is 0 Å². The van der Waals surface area contributed by atoms with Gasteiger partial charge in [0.25, 0.3) is 0 Å². The van der Waals surface area contributed by atoms with Crippen molar-refractivity contribution >= 4 is 29.7 Å². The molecule has 0 aromatic heterocycles. The SMILES string of the molecule is COc1cc2c(cc1OC)CN(CC(=O)Nc1ccccc1N)CC2.Cl. The van der Waals surface area contributed by atoms with E-state index in [-0.39, 0.29) is 18.3 Å². The molecule has 2 aromatic rings. The van der Waals surface area contributed by atoms with Crippen LogP contribution in [0.3, 0.4) is 0 Å².